The van der Waals surface area contributed by atoms with Gasteiger partial charge >= 0.3 is 5.97 Å². The number of hydrogen-bond donors (Lipinski definition) is 4. The Labute approximate surface area is 98.6 Å². The molecule has 5 nitrogen and oxygen atoms in total. The molecule has 1 rings (SSSR count). The Balaban J connectivity index is 2.58. The molecule has 5 N–H and O–H groups in total. The zero-order chi connectivity index (χ0) is 12.0. The normalized spacial score (nSPS) is 11.8. The van der Waals surface area contributed by atoms with Gasteiger partial charge in [0.25, 0.3) is 0 Å². The molecule has 0 radical (unpaired) electrons. The van der Waals surface area contributed by atoms with Gasteiger partial charge in [-0.25, -0.2) is 5.43 Å². The minimum Gasteiger partial charge on any atom is -0.480 e. The largest absolute Gasteiger partial charge is 0.480 e. The average molecular weight is 239 g/mol. The highest BCUT2D eigenvalue weighted by Crippen LogP contribution is 2.02. The summed E-state index contributed by atoms with van der Waals surface area (Å²) >= 11 is 4.58. The summed E-state index contributed by atoms with van der Waals surface area (Å²) in [4.78, 5) is 10.9. The van der Waals surface area contributed by atoms with Crippen LogP contribution in [0.15, 0.2) is 30.3 Å². The van der Waals surface area contributed by atoms with Gasteiger partial charge in [0.1, 0.15) is 6.04 Å². The molecule has 0 amide bonds. The van der Waals surface area contributed by atoms with Gasteiger partial charge in [0, 0.05) is 6.42 Å². The van der Waals surface area contributed by atoms with Crippen molar-refractivity contribution in [3.8, 4) is 0 Å². The lowest BCUT2D eigenvalue weighted by Gasteiger charge is -2.15. The van der Waals surface area contributed by atoms with E-state index in [4.69, 9.17) is 10.8 Å². The maximum Gasteiger partial charge on any atom is 0.322 e. The molecule has 86 valence electrons. The van der Waals surface area contributed by atoms with Gasteiger partial charge < -0.3 is 10.8 Å². The number of hydrogen-bond acceptors (Lipinski definition) is 3. The number of carboxylic acids is 1. The van der Waals surface area contributed by atoms with E-state index in [0.717, 1.165) is 5.56 Å². The first-order valence-electron chi connectivity index (χ1n) is 4.67. The van der Waals surface area contributed by atoms with Crippen LogP contribution in [-0.4, -0.2) is 22.2 Å². The number of thiocarbonyl (C=S) groups is 1. The number of carbonyl (C=O) groups is 1. The SMILES string of the molecule is NC(=S)NNC(Cc1ccccc1)C(=O)O. The van der Waals surface area contributed by atoms with Crippen molar-refractivity contribution < 1.29 is 9.90 Å². The number of aliphatic carboxylic acids is 1. The fourth-order valence-electron chi connectivity index (χ4n) is 1.21. The van der Waals surface area contributed by atoms with Gasteiger partial charge in [-0.15, -0.1) is 0 Å². The highest BCUT2D eigenvalue weighted by molar-refractivity contribution is 7.80. The molecule has 0 aliphatic rings. The number of benzene rings is 1. The van der Waals surface area contributed by atoms with Crippen molar-refractivity contribution >= 4 is 23.3 Å². The number of hydrazine groups is 1. The molecule has 0 saturated carbocycles. The van der Waals surface area contributed by atoms with Gasteiger partial charge in [-0.3, -0.25) is 10.2 Å². The lowest BCUT2D eigenvalue weighted by Crippen LogP contribution is -2.50. The third kappa shape index (κ3) is 4.24. The Morgan fingerprint density at radius 1 is 1.44 bits per heavy atom. The van der Waals surface area contributed by atoms with E-state index in [9.17, 15) is 4.79 Å². The molecule has 0 bridgehead atoms. The second kappa shape index (κ2) is 6.04. The molecule has 0 fully saturated rings. The van der Waals surface area contributed by atoms with Crippen molar-refractivity contribution in [1.82, 2.24) is 10.9 Å². The first kappa shape index (κ1) is 12.4. The van der Waals surface area contributed by atoms with Crippen LogP contribution < -0.4 is 16.6 Å². The lowest BCUT2D eigenvalue weighted by atomic mass is 10.1. The highest BCUT2D eigenvalue weighted by Gasteiger charge is 2.17. The fourth-order valence-corrected chi connectivity index (χ4v) is 1.27. The summed E-state index contributed by atoms with van der Waals surface area (Å²) in [6.07, 6.45) is 0.353. The topological polar surface area (TPSA) is 87.4 Å². The maximum absolute atomic E-state index is 10.9. The van der Waals surface area contributed by atoms with E-state index in [2.05, 4.69) is 23.1 Å². The summed E-state index contributed by atoms with van der Waals surface area (Å²) < 4.78 is 0. The van der Waals surface area contributed by atoms with E-state index < -0.39 is 12.0 Å². The van der Waals surface area contributed by atoms with Crippen LogP contribution in [0.5, 0.6) is 0 Å². The highest BCUT2D eigenvalue weighted by atomic mass is 32.1. The molecule has 0 saturated heterocycles. The molecule has 0 spiro atoms. The van der Waals surface area contributed by atoms with Gasteiger partial charge in [-0.05, 0) is 17.8 Å². The van der Waals surface area contributed by atoms with Crippen LogP contribution in [0.1, 0.15) is 5.56 Å². The quantitative estimate of drug-likeness (QED) is 0.428. The number of carboxylic acid groups (broad SMARTS) is 1. The minimum absolute atomic E-state index is 0.0133. The third-order valence-electron chi connectivity index (χ3n) is 1.95. The standard InChI is InChI=1S/C10H13N3O2S/c11-10(16)13-12-8(9(14)15)6-7-4-2-1-3-5-7/h1-5,8,12H,6H2,(H,14,15)(H3,11,13,16). The minimum atomic E-state index is -0.965. The van der Waals surface area contributed by atoms with E-state index >= 15 is 0 Å². The first-order chi connectivity index (χ1) is 7.59. The van der Waals surface area contributed by atoms with Gasteiger partial charge in [0.15, 0.2) is 5.11 Å². The van der Waals surface area contributed by atoms with Crippen molar-refractivity contribution in [1.29, 1.82) is 0 Å². The van der Waals surface area contributed by atoms with Gasteiger partial charge in [0.05, 0.1) is 0 Å². The van der Waals surface area contributed by atoms with Crippen molar-refractivity contribution in [3.63, 3.8) is 0 Å². The van der Waals surface area contributed by atoms with E-state index in [1.165, 1.54) is 0 Å². The Kier molecular flexibility index (Phi) is 4.68. The molecule has 1 aromatic carbocycles. The summed E-state index contributed by atoms with van der Waals surface area (Å²) in [5, 5.41) is 8.97. The molecule has 0 heterocycles. The van der Waals surface area contributed by atoms with Gasteiger partial charge in [-0.2, -0.15) is 0 Å². The van der Waals surface area contributed by atoms with Crippen molar-refractivity contribution in [3.05, 3.63) is 35.9 Å². The van der Waals surface area contributed by atoms with E-state index in [0.29, 0.717) is 6.42 Å². The van der Waals surface area contributed by atoms with E-state index in [-0.39, 0.29) is 5.11 Å². The van der Waals surface area contributed by atoms with Crippen LogP contribution in [0.25, 0.3) is 0 Å². The van der Waals surface area contributed by atoms with Crippen molar-refractivity contribution in [2.75, 3.05) is 0 Å². The summed E-state index contributed by atoms with van der Waals surface area (Å²) in [6, 6.07) is 8.53. The Hall–Kier alpha value is -1.66. The van der Waals surface area contributed by atoms with Crippen molar-refractivity contribution in [2.24, 2.45) is 5.73 Å². The smallest absolute Gasteiger partial charge is 0.322 e. The Bertz CT molecular complexity index is 370. The molecule has 6 heteroatoms. The molecular weight excluding hydrogens is 226 g/mol. The van der Waals surface area contributed by atoms with Crippen LogP contribution in [0.3, 0.4) is 0 Å². The summed E-state index contributed by atoms with van der Waals surface area (Å²) in [5.41, 5.74) is 11.1. The Morgan fingerprint density at radius 3 is 2.56 bits per heavy atom. The Morgan fingerprint density at radius 2 is 2.06 bits per heavy atom. The predicted octanol–water partition coefficient (Wildman–Crippen LogP) is 0.0201. The number of nitrogens with one attached hydrogen (secondary N) is 2. The van der Waals surface area contributed by atoms with Crippen LogP contribution >= 0.6 is 12.2 Å². The predicted molar refractivity (Wildman–Crippen MR) is 64.6 cm³/mol. The monoisotopic (exact) mass is 239 g/mol. The van der Waals surface area contributed by atoms with Crippen LogP contribution in [0.4, 0.5) is 0 Å². The molecular formula is C10H13N3O2S. The number of nitrogens with two attached hydrogens (primary N) is 1. The molecule has 0 aromatic heterocycles. The second-order valence-corrected chi connectivity index (χ2v) is 3.65. The summed E-state index contributed by atoms with van der Waals surface area (Å²) in [5.74, 6) is -0.965. The average Bonchev–Trinajstić information content (AvgIpc) is 2.25. The lowest BCUT2D eigenvalue weighted by molar-refractivity contribution is -0.139. The third-order valence-corrected chi connectivity index (χ3v) is 2.05. The van der Waals surface area contributed by atoms with Crippen LogP contribution in [0.2, 0.25) is 0 Å². The molecule has 1 unspecified atom stereocenters. The van der Waals surface area contributed by atoms with Crippen LogP contribution in [-0.2, 0) is 11.2 Å². The maximum atomic E-state index is 10.9. The molecule has 1 atom stereocenters. The summed E-state index contributed by atoms with van der Waals surface area (Å²) in [7, 11) is 0. The van der Waals surface area contributed by atoms with Gasteiger partial charge in [0.2, 0.25) is 0 Å². The second-order valence-electron chi connectivity index (χ2n) is 3.21. The molecule has 0 aliphatic carbocycles. The number of rotatable bonds is 5. The molecule has 0 aliphatic heterocycles. The zero-order valence-electron chi connectivity index (χ0n) is 8.51. The van der Waals surface area contributed by atoms with Gasteiger partial charge in [-0.1, -0.05) is 30.3 Å². The first-order valence-corrected chi connectivity index (χ1v) is 5.08. The molecule has 16 heavy (non-hydrogen) atoms. The van der Waals surface area contributed by atoms with Crippen molar-refractivity contribution in [2.45, 2.75) is 12.5 Å². The van der Waals surface area contributed by atoms with E-state index in [1.807, 2.05) is 30.3 Å². The summed E-state index contributed by atoms with van der Waals surface area (Å²) in [6.45, 7) is 0. The zero-order valence-corrected chi connectivity index (χ0v) is 9.33. The fraction of sp³-hybridized carbons (Fsp3) is 0.200. The van der Waals surface area contributed by atoms with E-state index in [1.54, 1.807) is 0 Å². The van der Waals surface area contributed by atoms with Crippen LogP contribution in [0, 0.1) is 0 Å². The molecule has 1 aromatic rings.